The molecule has 0 amide bonds. The fraction of sp³-hybridized carbons (Fsp3) is 0.125. The van der Waals surface area contributed by atoms with Crippen molar-refractivity contribution in [3.63, 3.8) is 0 Å². The third-order valence-corrected chi connectivity index (χ3v) is 4.82. The maximum Gasteiger partial charge on any atom is 0.230 e. The molecule has 2 aromatic heterocycles. The number of thiol groups is 1. The summed E-state index contributed by atoms with van der Waals surface area (Å²) in [5.41, 5.74) is 1.68. The van der Waals surface area contributed by atoms with E-state index in [1.807, 2.05) is 43.3 Å². The van der Waals surface area contributed by atoms with Gasteiger partial charge in [0.25, 0.3) is 0 Å². The van der Waals surface area contributed by atoms with Crippen LogP contribution in [0.5, 0.6) is 11.6 Å². The van der Waals surface area contributed by atoms with Gasteiger partial charge in [-0.05, 0) is 49.1 Å². The largest absolute Gasteiger partial charge is 0.438 e. The van der Waals surface area contributed by atoms with Crippen molar-refractivity contribution in [3.05, 3.63) is 90.0 Å². The highest BCUT2D eigenvalue weighted by Gasteiger charge is 2.14. The van der Waals surface area contributed by atoms with Crippen LogP contribution in [0.1, 0.15) is 35.8 Å². The van der Waals surface area contributed by atoms with E-state index >= 15 is 0 Å². The highest BCUT2D eigenvalue weighted by molar-refractivity contribution is 7.77. The number of nitrogens with one attached hydrogen (secondary N) is 1. The Bertz CT molecular complexity index is 1210. The van der Waals surface area contributed by atoms with E-state index < -0.39 is 0 Å². The Kier molecular flexibility index (Phi) is 7.75. The molecule has 32 heavy (non-hydrogen) atoms. The van der Waals surface area contributed by atoms with Gasteiger partial charge in [-0.15, -0.1) is 12.8 Å². The second-order valence-electron chi connectivity index (χ2n) is 6.98. The number of ketones is 1. The zero-order chi connectivity index (χ0) is 23.1. The van der Waals surface area contributed by atoms with E-state index in [4.69, 9.17) is 4.74 Å². The number of nitrogens with zero attached hydrogens (tertiary/aromatic N) is 2. The van der Waals surface area contributed by atoms with Crippen molar-refractivity contribution in [2.75, 3.05) is 5.32 Å². The van der Waals surface area contributed by atoms with Crippen LogP contribution in [0.15, 0.2) is 73.1 Å². The van der Waals surface area contributed by atoms with Crippen molar-refractivity contribution in [1.29, 1.82) is 0 Å². The molecule has 0 saturated carbocycles. The Morgan fingerprint density at radius 3 is 2.41 bits per heavy atom. The van der Waals surface area contributed by atoms with Crippen LogP contribution < -0.4 is 15.2 Å². The molecule has 8 heteroatoms. The van der Waals surface area contributed by atoms with Crippen LogP contribution in [0.25, 0.3) is 10.8 Å². The molecule has 0 radical (unpaired) electrons. The van der Waals surface area contributed by atoms with E-state index in [2.05, 4.69) is 33.2 Å². The Morgan fingerprint density at radius 2 is 1.75 bits per heavy atom. The Hall–Kier alpha value is -3.49. The molecule has 4 aromatic rings. The van der Waals surface area contributed by atoms with Gasteiger partial charge in [0.1, 0.15) is 17.4 Å². The third-order valence-electron chi connectivity index (χ3n) is 4.82. The summed E-state index contributed by atoms with van der Waals surface area (Å²) in [5, 5.41) is 9.19. The number of carbonyl (C=O) groups excluding carboxylic acids is 1. The molecule has 1 atom stereocenters. The molecule has 0 spiro atoms. The lowest BCUT2D eigenvalue weighted by molar-refractivity contribution is 0.101. The minimum absolute atomic E-state index is 0.0306. The summed E-state index contributed by atoms with van der Waals surface area (Å²) >= 11 is 3.03. The van der Waals surface area contributed by atoms with E-state index in [0.717, 1.165) is 10.9 Å². The number of halogens is 1. The number of hydrogen-bond donors (Lipinski definition) is 3. The van der Waals surface area contributed by atoms with Crippen molar-refractivity contribution in [2.45, 2.75) is 19.9 Å². The summed E-state index contributed by atoms with van der Waals surface area (Å²) in [6.07, 6.45) is 3.35. The molecule has 164 valence electrons. The number of ether oxygens (including phenoxy) is 1. The molecule has 0 aliphatic carbocycles. The number of carbonyl (C=O) groups is 1. The molecule has 2 heterocycles. The Morgan fingerprint density at radius 1 is 1.06 bits per heavy atom. The topological polar surface area (TPSA) is 90.1 Å². The minimum Gasteiger partial charge on any atom is -0.438 e. The average molecular weight is 451 g/mol. The van der Waals surface area contributed by atoms with Crippen LogP contribution in [-0.2, 0) is 0 Å². The van der Waals surface area contributed by atoms with Crippen molar-refractivity contribution in [3.8, 4) is 11.6 Å². The molecule has 0 bridgehead atoms. The molecule has 4 rings (SSSR count). The van der Waals surface area contributed by atoms with E-state index in [0.29, 0.717) is 28.4 Å². The number of Topliss-reactive ketones (excluding diaryl/α,β-unsaturated/α-hetero) is 1. The lowest BCUT2D eigenvalue weighted by Gasteiger charge is -2.18. The zero-order valence-electron chi connectivity index (χ0n) is 17.6. The number of aromatic nitrogens is 2. The van der Waals surface area contributed by atoms with Crippen LogP contribution in [0, 0.1) is 5.82 Å². The van der Waals surface area contributed by atoms with Crippen molar-refractivity contribution in [2.24, 2.45) is 5.14 Å². The normalized spacial score (nSPS) is 11.3. The molecule has 3 N–H and O–H groups in total. The average Bonchev–Trinajstić information content (AvgIpc) is 2.81. The summed E-state index contributed by atoms with van der Waals surface area (Å²) < 4.78 is 19.4. The number of benzene rings is 2. The fourth-order valence-electron chi connectivity index (χ4n) is 3.21. The number of fused-ring (bicyclic) bond motifs is 1. The maximum absolute atomic E-state index is 13.6. The van der Waals surface area contributed by atoms with Gasteiger partial charge in [-0.1, -0.05) is 30.3 Å². The quantitative estimate of drug-likeness (QED) is 0.257. The van der Waals surface area contributed by atoms with Gasteiger partial charge >= 0.3 is 0 Å². The Labute approximate surface area is 191 Å². The first-order valence-corrected chi connectivity index (χ1v) is 10.3. The van der Waals surface area contributed by atoms with Gasteiger partial charge in [0.15, 0.2) is 5.78 Å². The van der Waals surface area contributed by atoms with Crippen molar-refractivity contribution >= 4 is 35.2 Å². The van der Waals surface area contributed by atoms with Crippen LogP contribution in [0.3, 0.4) is 0 Å². The van der Waals surface area contributed by atoms with E-state index in [9.17, 15) is 9.18 Å². The number of rotatable bonds is 6. The SMILES string of the molecule is CC(=O)c1ccc(C(C)Nc2nccc3ccnc(Oc4cccc(F)c4)c23)cc1.NS. The second-order valence-corrected chi connectivity index (χ2v) is 6.98. The third kappa shape index (κ3) is 5.40. The van der Waals surface area contributed by atoms with E-state index in [-0.39, 0.29) is 17.6 Å². The highest BCUT2D eigenvalue weighted by Crippen LogP contribution is 2.33. The molecule has 6 nitrogen and oxygen atoms in total. The van der Waals surface area contributed by atoms with Gasteiger partial charge in [-0.2, -0.15) is 0 Å². The predicted molar refractivity (Wildman–Crippen MR) is 128 cm³/mol. The molecular weight excluding hydrogens is 427 g/mol. The first kappa shape index (κ1) is 23.2. The van der Waals surface area contributed by atoms with Gasteiger partial charge < -0.3 is 10.1 Å². The summed E-state index contributed by atoms with van der Waals surface area (Å²) in [6.45, 7) is 3.55. The number of anilines is 1. The first-order valence-electron chi connectivity index (χ1n) is 9.81. The first-order chi connectivity index (χ1) is 15.5. The summed E-state index contributed by atoms with van der Waals surface area (Å²) in [5.74, 6) is 0.954. The summed E-state index contributed by atoms with van der Waals surface area (Å²) in [4.78, 5) is 20.3. The lowest BCUT2D eigenvalue weighted by atomic mass is 10.0. The minimum atomic E-state index is -0.383. The van der Waals surface area contributed by atoms with Gasteiger partial charge in [0.05, 0.1) is 5.39 Å². The maximum atomic E-state index is 13.6. The van der Waals surface area contributed by atoms with Crippen LogP contribution in [0.2, 0.25) is 0 Å². The van der Waals surface area contributed by atoms with Crippen LogP contribution in [-0.4, -0.2) is 15.8 Å². The molecule has 2 aromatic carbocycles. The van der Waals surface area contributed by atoms with Gasteiger partial charge in [0.2, 0.25) is 5.88 Å². The number of hydrogen-bond acceptors (Lipinski definition) is 7. The molecule has 1 unspecified atom stereocenters. The van der Waals surface area contributed by atoms with Gasteiger partial charge in [-0.25, -0.2) is 14.4 Å². The lowest BCUT2D eigenvalue weighted by Crippen LogP contribution is -2.09. The summed E-state index contributed by atoms with van der Waals surface area (Å²) in [7, 11) is 0. The predicted octanol–water partition coefficient (Wildman–Crippen LogP) is 5.73. The van der Waals surface area contributed by atoms with Crippen molar-refractivity contribution in [1.82, 2.24) is 9.97 Å². The van der Waals surface area contributed by atoms with E-state index in [1.54, 1.807) is 31.5 Å². The number of pyridine rings is 2. The van der Waals surface area contributed by atoms with Crippen LogP contribution >= 0.6 is 12.8 Å². The summed E-state index contributed by atoms with van der Waals surface area (Å²) in [6, 6.07) is 17.0. The molecular formula is C24H23FN4O2S. The highest BCUT2D eigenvalue weighted by atomic mass is 32.1. The standard InChI is InChI=1S/C24H20FN3O2.H3NS/c1-15(17-6-8-18(9-7-17)16(2)29)28-23-22-19(10-12-26-23)11-13-27-24(22)30-21-5-3-4-20(25)14-21;1-2/h3-15H,1-2H3,(H,26,28);2H,1H2. The zero-order valence-corrected chi connectivity index (χ0v) is 18.5. The van der Waals surface area contributed by atoms with E-state index in [1.165, 1.54) is 12.1 Å². The van der Waals surface area contributed by atoms with Gasteiger partial charge in [0, 0.05) is 30.1 Å². The molecule has 0 fully saturated rings. The molecule has 0 aliphatic rings. The second kappa shape index (κ2) is 10.7. The van der Waals surface area contributed by atoms with Crippen LogP contribution in [0.4, 0.5) is 10.2 Å². The fourth-order valence-corrected chi connectivity index (χ4v) is 3.21. The monoisotopic (exact) mass is 450 g/mol. The Balaban J connectivity index is 0.00000141. The van der Waals surface area contributed by atoms with Gasteiger partial charge in [-0.3, -0.25) is 9.93 Å². The van der Waals surface area contributed by atoms with Crippen molar-refractivity contribution < 1.29 is 13.9 Å². The smallest absolute Gasteiger partial charge is 0.230 e. The molecule has 0 aliphatic heterocycles. The molecule has 0 saturated heterocycles. The number of nitrogens with two attached hydrogens (primary N) is 1.